The minimum absolute atomic E-state index is 0.137. The molecule has 41 heavy (non-hydrogen) atoms. The number of halogens is 5. The molecule has 13 heteroatoms. The average molecular weight is 565 g/mol. The van der Waals surface area contributed by atoms with Gasteiger partial charge >= 0.3 is 0 Å². The molecule has 1 aromatic carbocycles. The zero-order chi connectivity index (χ0) is 29.1. The molecule has 0 N–H and O–H groups in total. The van der Waals surface area contributed by atoms with E-state index in [1.54, 1.807) is 4.57 Å². The SMILES string of the molecule is Cc1ccc(C)n1-c1nc2c(F)c(-c3cncc(-c4cnn([C@H](c5ccc(F)cc5)C(C)(F)F)c4)n3)c(F)cn2n1. The Kier molecular flexibility index (Phi) is 6.16. The highest BCUT2D eigenvalue weighted by atomic mass is 19.3. The molecule has 8 nitrogen and oxygen atoms in total. The Morgan fingerprint density at radius 3 is 2.20 bits per heavy atom. The second kappa shape index (κ2) is 9.61. The molecule has 5 heterocycles. The first kappa shape index (κ1) is 26.3. The monoisotopic (exact) mass is 564 g/mol. The van der Waals surface area contributed by atoms with Gasteiger partial charge in [-0.05, 0) is 43.7 Å². The van der Waals surface area contributed by atoms with Crippen LogP contribution in [0.3, 0.4) is 0 Å². The van der Waals surface area contributed by atoms with Gasteiger partial charge in [0.05, 0.1) is 41.7 Å². The minimum Gasteiger partial charge on any atom is -0.286 e. The van der Waals surface area contributed by atoms with Gasteiger partial charge in [0.15, 0.2) is 17.3 Å². The molecule has 0 fully saturated rings. The van der Waals surface area contributed by atoms with Gasteiger partial charge in [-0.3, -0.25) is 14.2 Å². The van der Waals surface area contributed by atoms with E-state index in [4.69, 9.17) is 0 Å². The van der Waals surface area contributed by atoms with Crippen LogP contribution in [0.25, 0.3) is 34.1 Å². The number of alkyl halides is 2. The van der Waals surface area contributed by atoms with Crippen molar-refractivity contribution in [2.24, 2.45) is 0 Å². The van der Waals surface area contributed by atoms with Crippen LogP contribution in [-0.4, -0.2) is 44.8 Å². The van der Waals surface area contributed by atoms with Crippen molar-refractivity contribution in [3.8, 4) is 28.5 Å². The third-order valence-corrected chi connectivity index (χ3v) is 6.70. The summed E-state index contributed by atoms with van der Waals surface area (Å²) < 4.78 is 77.4. The zero-order valence-electron chi connectivity index (χ0n) is 21.9. The van der Waals surface area contributed by atoms with Gasteiger partial charge in [-0.1, -0.05) is 12.1 Å². The van der Waals surface area contributed by atoms with Crippen molar-refractivity contribution in [2.75, 3.05) is 0 Å². The Morgan fingerprint density at radius 2 is 1.51 bits per heavy atom. The van der Waals surface area contributed by atoms with E-state index in [2.05, 4.69) is 25.1 Å². The molecule has 6 rings (SSSR count). The topological polar surface area (TPSA) is 78.7 Å². The molecule has 0 radical (unpaired) electrons. The summed E-state index contributed by atoms with van der Waals surface area (Å²) in [5, 5.41) is 8.31. The molecule has 0 spiro atoms. The molecule has 0 saturated heterocycles. The normalized spacial score (nSPS) is 12.8. The number of hydrogen-bond acceptors (Lipinski definition) is 5. The Hall–Kier alpha value is -4.94. The summed E-state index contributed by atoms with van der Waals surface area (Å²) in [6, 6.07) is 6.87. The molecule has 5 aromatic heterocycles. The van der Waals surface area contributed by atoms with Crippen molar-refractivity contribution in [2.45, 2.75) is 32.7 Å². The van der Waals surface area contributed by atoms with Crippen LogP contribution in [0.2, 0.25) is 0 Å². The van der Waals surface area contributed by atoms with Gasteiger partial charge in [0, 0.05) is 30.1 Å². The summed E-state index contributed by atoms with van der Waals surface area (Å²) in [6.07, 6.45) is 6.12. The van der Waals surface area contributed by atoms with Gasteiger partial charge in [-0.15, -0.1) is 5.10 Å². The van der Waals surface area contributed by atoms with Gasteiger partial charge in [-0.25, -0.2) is 31.5 Å². The number of pyridine rings is 1. The standard InChI is InChI=1S/C28H21F5N8/c1-15-4-5-16(2)41(15)27-37-26-24(31)23(20(30)14-40(26)38-27)22-12-34-11-21(36-22)18-10-35-39(13-18)25(28(3,32)33)17-6-8-19(29)9-7-17/h4-14,25H,1-3H3/t25-/m1/s1. The summed E-state index contributed by atoms with van der Waals surface area (Å²) in [6.45, 7) is 4.42. The number of hydrogen-bond donors (Lipinski definition) is 0. The van der Waals surface area contributed by atoms with Crippen LogP contribution in [0.1, 0.15) is 29.9 Å². The summed E-state index contributed by atoms with van der Waals surface area (Å²) in [5.41, 5.74) is 1.39. The first-order valence-corrected chi connectivity index (χ1v) is 12.4. The van der Waals surface area contributed by atoms with Crippen LogP contribution in [0, 0.1) is 31.3 Å². The fourth-order valence-electron chi connectivity index (χ4n) is 4.81. The lowest BCUT2D eigenvalue weighted by Gasteiger charge is -2.24. The van der Waals surface area contributed by atoms with Crippen molar-refractivity contribution in [3.63, 3.8) is 0 Å². The predicted octanol–water partition coefficient (Wildman–Crippen LogP) is 6.12. The molecule has 0 aliphatic rings. The largest absolute Gasteiger partial charge is 0.286 e. The maximum absolute atomic E-state index is 15.7. The lowest BCUT2D eigenvalue weighted by molar-refractivity contribution is -0.0217. The maximum Gasteiger partial charge on any atom is 0.271 e. The van der Waals surface area contributed by atoms with Gasteiger partial charge in [-0.2, -0.15) is 10.1 Å². The number of aromatic nitrogens is 8. The fraction of sp³-hybridized carbons (Fsp3) is 0.179. The summed E-state index contributed by atoms with van der Waals surface area (Å²) >= 11 is 0. The molecule has 1 atom stereocenters. The van der Waals surface area contributed by atoms with E-state index in [0.29, 0.717) is 0 Å². The van der Waals surface area contributed by atoms with E-state index in [0.717, 1.165) is 45.8 Å². The predicted molar refractivity (Wildman–Crippen MR) is 139 cm³/mol. The van der Waals surface area contributed by atoms with Crippen molar-refractivity contribution < 1.29 is 22.0 Å². The molecule has 0 amide bonds. The average Bonchev–Trinajstić information content (AvgIpc) is 3.64. The van der Waals surface area contributed by atoms with Gasteiger partial charge in [0.25, 0.3) is 11.9 Å². The maximum atomic E-state index is 15.7. The van der Waals surface area contributed by atoms with Crippen LogP contribution < -0.4 is 0 Å². The molecular formula is C28H21F5N8. The number of rotatable bonds is 6. The van der Waals surface area contributed by atoms with E-state index < -0.39 is 35.0 Å². The first-order chi connectivity index (χ1) is 19.5. The molecule has 0 saturated carbocycles. The fourth-order valence-corrected chi connectivity index (χ4v) is 4.81. The Balaban J connectivity index is 1.39. The van der Waals surface area contributed by atoms with E-state index in [9.17, 15) is 13.2 Å². The lowest BCUT2D eigenvalue weighted by Crippen LogP contribution is -2.29. The molecule has 208 valence electrons. The van der Waals surface area contributed by atoms with Gasteiger partial charge in [0.1, 0.15) is 11.9 Å². The quantitative estimate of drug-likeness (QED) is 0.228. The van der Waals surface area contributed by atoms with E-state index in [1.807, 2.05) is 26.0 Å². The number of aryl methyl sites for hydroxylation is 2. The Bertz CT molecular complexity index is 1880. The third kappa shape index (κ3) is 4.62. The van der Waals surface area contributed by atoms with Gasteiger partial charge < -0.3 is 0 Å². The molecule has 6 aromatic rings. The second-order valence-electron chi connectivity index (χ2n) is 9.71. The first-order valence-electron chi connectivity index (χ1n) is 12.4. The summed E-state index contributed by atoms with van der Waals surface area (Å²) in [7, 11) is 0. The highest BCUT2D eigenvalue weighted by Crippen LogP contribution is 2.35. The smallest absolute Gasteiger partial charge is 0.271 e. The highest BCUT2D eigenvalue weighted by Gasteiger charge is 2.38. The van der Waals surface area contributed by atoms with Crippen LogP contribution >= 0.6 is 0 Å². The summed E-state index contributed by atoms with van der Waals surface area (Å²) in [4.78, 5) is 12.7. The zero-order valence-corrected chi connectivity index (χ0v) is 21.9. The van der Waals surface area contributed by atoms with Gasteiger partial charge in [0.2, 0.25) is 0 Å². The number of fused-ring (bicyclic) bond motifs is 1. The third-order valence-electron chi connectivity index (χ3n) is 6.70. The van der Waals surface area contributed by atoms with Crippen molar-refractivity contribution >= 4 is 5.65 Å². The van der Waals surface area contributed by atoms with Crippen LogP contribution in [-0.2, 0) is 0 Å². The van der Waals surface area contributed by atoms with Crippen molar-refractivity contribution in [1.29, 1.82) is 0 Å². The molecule has 0 bridgehead atoms. The second-order valence-corrected chi connectivity index (χ2v) is 9.71. The summed E-state index contributed by atoms with van der Waals surface area (Å²) in [5.74, 6) is -5.58. The molecular weight excluding hydrogens is 543 g/mol. The van der Waals surface area contributed by atoms with Crippen LogP contribution in [0.4, 0.5) is 22.0 Å². The van der Waals surface area contributed by atoms with E-state index >= 15 is 8.78 Å². The van der Waals surface area contributed by atoms with Crippen molar-refractivity contribution in [1.82, 2.24) is 38.9 Å². The molecule has 0 unspecified atom stereocenters. The van der Waals surface area contributed by atoms with Crippen molar-refractivity contribution in [3.05, 3.63) is 102 Å². The Labute approximate surface area is 229 Å². The number of nitrogens with zero attached hydrogens (tertiary/aromatic N) is 8. The Morgan fingerprint density at radius 1 is 0.829 bits per heavy atom. The van der Waals surface area contributed by atoms with Crippen LogP contribution in [0.15, 0.2) is 67.4 Å². The number of benzene rings is 1. The van der Waals surface area contributed by atoms with E-state index in [-0.39, 0.29) is 34.1 Å². The minimum atomic E-state index is -3.26. The highest BCUT2D eigenvalue weighted by molar-refractivity contribution is 5.68. The van der Waals surface area contributed by atoms with Crippen LogP contribution in [0.5, 0.6) is 0 Å². The molecule has 0 aliphatic heterocycles. The van der Waals surface area contributed by atoms with E-state index in [1.165, 1.54) is 36.9 Å². The molecule has 0 aliphatic carbocycles. The lowest BCUT2D eigenvalue weighted by atomic mass is 10.0.